The highest BCUT2D eigenvalue weighted by atomic mass is 15.0. The van der Waals surface area contributed by atoms with Crippen molar-refractivity contribution in [3.05, 3.63) is 24.5 Å². The van der Waals surface area contributed by atoms with E-state index in [-0.39, 0.29) is 6.04 Å². The Hall–Kier alpha value is -1.75. The third kappa shape index (κ3) is 2.34. The average molecular weight is 229 g/mol. The first-order valence-electron chi connectivity index (χ1n) is 5.90. The van der Waals surface area contributed by atoms with Gasteiger partial charge in [-0.1, -0.05) is 0 Å². The van der Waals surface area contributed by atoms with Crippen LogP contribution in [0.25, 0.3) is 11.2 Å². The Kier molecular flexibility index (Phi) is 2.60. The van der Waals surface area contributed by atoms with E-state index in [0.717, 1.165) is 17.9 Å². The minimum Gasteiger partial charge on any atom is -0.368 e. The molecule has 1 aliphatic rings. The molecule has 1 atom stereocenters. The van der Waals surface area contributed by atoms with Crippen molar-refractivity contribution >= 4 is 17.0 Å². The fraction of sp³-hybridized carbons (Fsp3) is 0.417. The van der Waals surface area contributed by atoms with Crippen molar-refractivity contribution in [2.75, 3.05) is 11.9 Å². The Balaban J connectivity index is 1.71. The number of nitrogens with zero attached hydrogens (tertiary/aromatic N) is 3. The van der Waals surface area contributed by atoms with Crippen molar-refractivity contribution in [1.82, 2.24) is 15.0 Å². The van der Waals surface area contributed by atoms with Gasteiger partial charge in [0.15, 0.2) is 5.65 Å². The van der Waals surface area contributed by atoms with Crippen molar-refractivity contribution < 1.29 is 0 Å². The predicted octanol–water partition coefficient (Wildman–Crippen LogP) is 1.17. The molecule has 1 aliphatic carbocycles. The standard InChI is InChI=1S/C12H15N5/c13-9(8-1-2-8)7-16-11-4-3-10-12(17-11)15-6-5-14-10/h3-6,8-9H,1-2,7,13H2,(H,15,16,17). The number of fused-ring (bicyclic) bond motifs is 1. The number of hydrogen-bond donors (Lipinski definition) is 2. The quantitative estimate of drug-likeness (QED) is 0.823. The molecule has 0 aliphatic heterocycles. The summed E-state index contributed by atoms with van der Waals surface area (Å²) >= 11 is 0. The van der Waals surface area contributed by atoms with E-state index < -0.39 is 0 Å². The molecular weight excluding hydrogens is 214 g/mol. The van der Waals surface area contributed by atoms with Crippen molar-refractivity contribution in [3.63, 3.8) is 0 Å². The first-order valence-corrected chi connectivity index (χ1v) is 5.90. The highest BCUT2D eigenvalue weighted by Gasteiger charge is 2.28. The van der Waals surface area contributed by atoms with Crippen LogP contribution in [0.2, 0.25) is 0 Å². The zero-order chi connectivity index (χ0) is 11.7. The summed E-state index contributed by atoms with van der Waals surface area (Å²) in [5.74, 6) is 1.51. The van der Waals surface area contributed by atoms with Crippen LogP contribution in [0.5, 0.6) is 0 Å². The van der Waals surface area contributed by atoms with Crippen LogP contribution in [0.1, 0.15) is 12.8 Å². The lowest BCUT2D eigenvalue weighted by molar-refractivity contribution is 0.620. The minimum atomic E-state index is 0.231. The molecule has 2 aromatic heterocycles. The summed E-state index contributed by atoms with van der Waals surface area (Å²) in [6.45, 7) is 0.767. The second kappa shape index (κ2) is 4.25. The lowest BCUT2D eigenvalue weighted by Gasteiger charge is -2.11. The Bertz CT molecular complexity index is 523. The second-order valence-corrected chi connectivity index (χ2v) is 4.48. The van der Waals surface area contributed by atoms with E-state index in [4.69, 9.17) is 5.73 Å². The molecule has 0 radical (unpaired) electrons. The van der Waals surface area contributed by atoms with E-state index in [1.54, 1.807) is 12.4 Å². The fourth-order valence-electron chi connectivity index (χ4n) is 1.87. The summed E-state index contributed by atoms with van der Waals surface area (Å²) in [7, 11) is 0. The first-order chi connectivity index (χ1) is 8.33. The van der Waals surface area contributed by atoms with Crippen LogP contribution in [0.4, 0.5) is 5.82 Å². The van der Waals surface area contributed by atoms with Crippen molar-refractivity contribution in [2.45, 2.75) is 18.9 Å². The van der Waals surface area contributed by atoms with Gasteiger partial charge in [0.05, 0.1) is 0 Å². The van der Waals surface area contributed by atoms with Gasteiger partial charge in [-0.15, -0.1) is 0 Å². The fourth-order valence-corrected chi connectivity index (χ4v) is 1.87. The lowest BCUT2D eigenvalue weighted by Crippen LogP contribution is -2.31. The highest BCUT2D eigenvalue weighted by Crippen LogP contribution is 2.31. The number of hydrogen-bond acceptors (Lipinski definition) is 5. The van der Waals surface area contributed by atoms with Crippen LogP contribution in [0.15, 0.2) is 24.5 Å². The van der Waals surface area contributed by atoms with Gasteiger partial charge in [0.1, 0.15) is 11.3 Å². The minimum absolute atomic E-state index is 0.231. The lowest BCUT2D eigenvalue weighted by atomic mass is 10.2. The van der Waals surface area contributed by atoms with Crippen LogP contribution in [-0.2, 0) is 0 Å². The molecule has 3 N–H and O–H groups in total. The molecule has 5 heteroatoms. The zero-order valence-corrected chi connectivity index (χ0v) is 9.50. The monoisotopic (exact) mass is 229 g/mol. The van der Waals surface area contributed by atoms with Crippen molar-refractivity contribution in [1.29, 1.82) is 0 Å². The Labute approximate surface area is 99.5 Å². The molecule has 0 saturated heterocycles. The molecule has 5 nitrogen and oxygen atoms in total. The van der Waals surface area contributed by atoms with Gasteiger partial charge in [0.2, 0.25) is 0 Å². The van der Waals surface area contributed by atoms with Gasteiger partial charge in [-0.2, -0.15) is 0 Å². The average Bonchev–Trinajstić information content (AvgIpc) is 3.20. The molecular formula is C12H15N5. The first kappa shape index (κ1) is 10.4. The Morgan fingerprint density at radius 3 is 2.94 bits per heavy atom. The SMILES string of the molecule is NC(CNc1ccc2nccnc2n1)C1CC1. The maximum atomic E-state index is 6.02. The van der Waals surface area contributed by atoms with Crippen molar-refractivity contribution in [3.8, 4) is 0 Å². The summed E-state index contributed by atoms with van der Waals surface area (Å²) in [6.07, 6.45) is 5.84. The van der Waals surface area contributed by atoms with Gasteiger partial charge in [0, 0.05) is 25.0 Å². The number of pyridine rings is 1. The molecule has 1 fully saturated rings. The summed E-state index contributed by atoms with van der Waals surface area (Å²) in [6, 6.07) is 4.06. The van der Waals surface area contributed by atoms with Crippen LogP contribution in [0, 0.1) is 5.92 Å². The molecule has 0 spiro atoms. The Morgan fingerprint density at radius 2 is 2.12 bits per heavy atom. The van der Waals surface area contributed by atoms with Crippen LogP contribution in [-0.4, -0.2) is 27.5 Å². The molecule has 88 valence electrons. The van der Waals surface area contributed by atoms with E-state index in [0.29, 0.717) is 11.6 Å². The number of rotatable bonds is 4. The number of aromatic nitrogens is 3. The van der Waals surface area contributed by atoms with E-state index in [1.165, 1.54) is 12.8 Å². The molecule has 1 unspecified atom stereocenters. The number of nitrogens with two attached hydrogens (primary N) is 1. The van der Waals surface area contributed by atoms with Gasteiger partial charge in [-0.05, 0) is 30.9 Å². The van der Waals surface area contributed by atoms with E-state index in [1.807, 2.05) is 12.1 Å². The molecule has 3 rings (SSSR count). The summed E-state index contributed by atoms with van der Waals surface area (Å²) in [4.78, 5) is 12.7. The number of nitrogens with one attached hydrogen (secondary N) is 1. The molecule has 1 saturated carbocycles. The van der Waals surface area contributed by atoms with Crippen LogP contribution < -0.4 is 11.1 Å². The maximum Gasteiger partial charge on any atom is 0.180 e. The molecule has 2 aromatic rings. The third-order valence-corrected chi connectivity index (χ3v) is 3.08. The summed E-state index contributed by atoms with van der Waals surface area (Å²) in [5, 5.41) is 3.25. The Morgan fingerprint density at radius 1 is 1.29 bits per heavy atom. The molecule has 0 aromatic carbocycles. The van der Waals surface area contributed by atoms with E-state index in [2.05, 4.69) is 20.3 Å². The smallest absolute Gasteiger partial charge is 0.180 e. The normalized spacial score (nSPS) is 17.0. The summed E-state index contributed by atoms with van der Waals surface area (Å²) in [5.41, 5.74) is 7.50. The van der Waals surface area contributed by atoms with Gasteiger partial charge < -0.3 is 11.1 Å². The van der Waals surface area contributed by atoms with Crippen molar-refractivity contribution in [2.24, 2.45) is 11.7 Å². The van der Waals surface area contributed by atoms with Gasteiger partial charge in [0.25, 0.3) is 0 Å². The molecule has 17 heavy (non-hydrogen) atoms. The zero-order valence-electron chi connectivity index (χ0n) is 9.50. The van der Waals surface area contributed by atoms with Gasteiger partial charge in [-0.3, -0.25) is 4.98 Å². The van der Waals surface area contributed by atoms with Gasteiger partial charge in [-0.25, -0.2) is 9.97 Å². The predicted molar refractivity (Wildman–Crippen MR) is 66.5 cm³/mol. The van der Waals surface area contributed by atoms with Crippen LogP contribution >= 0.6 is 0 Å². The summed E-state index contributed by atoms with van der Waals surface area (Å²) < 4.78 is 0. The molecule has 0 bridgehead atoms. The van der Waals surface area contributed by atoms with E-state index in [9.17, 15) is 0 Å². The molecule has 2 heterocycles. The second-order valence-electron chi connectivity index (χ2n) is 4.48. The molecule has 0 amide bonds. The highest BCUT2D eigenvalue weighted by molar-refractivity contribution is 5.71. The maximum absolute atomic E-state index is 6.02. The van der Waals surface area contributed by atoms with E-state index >= 15 is 0 Å². The topological polar surface area (TPSA) is 76.7 Å². The third-order valence-electron chi connectivity index (χ3n) is 3.08. The van der Waals surface area contributed by atoms with Gasteiger partial charge >= 0.3 is 0 Å². The van der Waals surface area contributed by atoms with Crippen LogP contribution in [0.3, 0.4) is 0 Å². The number of anilines is 1. The largest absolute Gasteiger partial charge is 0.368 e.